The number of hydrogen-bond acceptors (Lipinski definition) is 6. The Kier molecular flexibility index (Phi) is 5.05. The Labute approximate surface area is 140 Å². The van der Waals surface area contributed by atoms with Crippen LogP contribution in [0.3, 0.4) is 0 Å². The second-order valence-electron chi connectivity index (χ2n) is 5.92. The molecule has 0 unspecified atom stereocenters. The molecule has 1 aliphatic heterocycles. The summed E-state index contributed by atoms with van der Waals surface area (Å²) < 4.78 is 49.7. The van der Waals surface area contributed by atoms with Crippen LogP contribution in [0.5, 0.6) is 0 Å². The summed E-state index contributed by atoms with van der Waals surface area (Å²) in [6, 6.07) is 3.23. The fraction of sp³-hybridized carbons (Fsp3) is 0.500. The molecule has 24 heavy (non-hydrogen) atoms. The number of carboxylic acid groups (broad SMARTS) is 1. The van der Waals surface area contributed by atoms with E-state index in [0.717, 1.165) is 5.56 Å². The van der Waals surface area contributed by atoms with Gasteiger partial charge in [-0.2, -0.15) is 4.31 Å². The van der Waals surface area contributed by atoms with Gasteiger partial charge in [-0.1, -0.05) is 17.7 Å². The van der Waals surface area contributed by atoms with Crippen molar-refractivity contribution in [2.24, 2.45) is 0 Å². The van der Waals surface area contributed by atoms with Gasteiger partial charge in [0.05, 0.1) is 28.5 Å². The molecule has 2 N–H and O–H groups in total. The molecule has 0 aliphatic carbocycles. The molecule has 1 aromatic rings. The summed E-state index contributed by atoms with van der Waals surface area (Å²) in [4.78, 5) is 11.0. The van der Waals surface area contributed by atoms with Crippen LogP contribution in [0.15, 0.2) is 23.1 Å². The van der Waals surface area contributed by atoms with Gasteiger partial charge < -0.3 is 10.2 Å². The summed E-state index contributed by atoms with van der Waals surface area (Å²) in [5, 5.41) is 19.0. The minimum absolute atomic E-state index is 0.106. The van der Waals surface area contributed by atoms with E-state index in [-0.39, 0.29) is 4.90 Å². The predicted molar refractivity (Wildman–Crippen MR) is 85.9 cm³/mol. The van der Waals surface area contributed by atoms with Crippen LogP contribution in [0.25, 0.3) is 0 Å². The minimum atomic E-state index is -4.28. The second-order valence-corrected chi connectivity index (χ2v) is 9.94. The molecule has 2 rings (SSSR count). The van der Waals surface area contributed by atoms with Crippen molar-refractivity contribution in [1.82, 2.24) is 4.31 Å². The van der Waals surface area contributed by atoms with Crippen LogP contribution >= 0.6 is 0 Å². The van der Waals surface area contributed by atoms with Crippen LogP contribution in [0, 0.1) is 13.8 Å². The summed E-state index contributed by atoms with van der Waals surface area (Å²) >= 11 is 0. The molecule has 1 aromatic carbocycles. The second kappa shape index (κ2) is 6.43. The maximum Gasteiger partial charge on any atom is 0.318 e. The monoisotopic (exact) mass is 377 g/mol. The summed E-state index contributed by atoms with van der Waals surface area (Å²) in [7, 11) is -7.92. The Morgan fingerprint density at radius 1 is 1.29 bits per heavy atom. The number of aliphatic hydroxyl groups is 1. The lowest BCUT2D eigenvalue weighted by Gasteiger charge is -2.28. The highest BCUT2D eigenvalue weighted by Gasteiger charge is 2.45. The maximum atomic E-state index is 12.9. The van der Waals surface area contributed by atoms with Gasteiger partial charge in [0.1, 0.15) is 6.54 Å². The van der Waals surface area contributed by atoms with Crippen LogP contribution < -0.4 is 0 Å². The quantitative estimate of drug-likeness (QED) is 0.710. The van der Waals surface area contributed by atoms with Gasteiger partial charge in [0, 0.05) is 0 Å². The third kappa shape index (κ3) is 3.77. The number of carboxylic acids is 1. The Hall–Kier alpha value is -1.49. The number of sulfone groups is 1. The van der Waals surface area contributed by atoms with Crippen LogP contribution in [0.4, 0.5) is 0 Å². The zero-order valence-corrected chi connectivity index (χ0v) is 14.8. The number of aryl methyl sites for hydroxylation is 2. The molecule has 134 valence electrons. The molecule has 8 nitrogen and oxygen atoms in total. The van der Waals surface area contributed by atoms with Gasteiger partial charge in [0.2, 0.25) is 10.0 Å². The Bertz CT molecular complexity index is 861. The van der Waals surface area contributed by atoms with Crippen molar-refractivity contribution in [2.45, 2.75) is 30.9 Å². The summed E-state index contributed by atoms with van der Waals surface area (Å²) in [6.45, 7) is 2.43. The van der Waals surface area contributed by atoms with Crippen molar-refractivity contribution in [3.8, 4) is 0 Å². The van der Waals surface area contributed by atoms with E-state index in [1.54, 1.807) is 26.0 Å². The highest BCUT2D eigenvalue weighted by atomic mass is 32.2. The zero-order chi connectivity index (χ0) is 18.3. The lowest BCUT2D eigenvalue weighted by molar-refractivity contribution is -0.137. The Morgan fingerprint density at radius 2 is 1.92 bits per heavy atom. The van der Waals surface area contributed by atoms with Crippen LogP contribution in [-0.2, 0) is 24.7 Å². The topological polar surface area (TPSA) is 129 Å². The normalized spacial score (nSPS) is 23.5. The molecule has 1 aliphatic rings. The molecule has 0 aromatic heterocycles. The van der Waals surface area contributed by atoms with Gasteiger partial charge in [0.25, 0.3) is 0 Å². The molecule has 0 spiro atoms. The number of aliphatic carboxylic acids is 1. The molecule has 1 saturated heterocycles. The standard InChI is InChI=1S/C14H19NO7S2/c1-9-3-4-13(10(2)5-9)24(21,22)15(6-14(17)18)11-7-23(19,20)8-12(11)16/h3-5,11-12,16H,6-8H2,1-2H3,(H,17,18)/t11-,12+/m1/s1. The highest BCUT2D eigenvalue weighted by molar-refractivity contribution is 7.92. The van der Waals surface area contributed by atoms with E-state index in [2.05, 4.69) is 0 Å². The molecular formula is C14H19NO7S2. The number of carbonyl (C=O) groups is 1. The Morgan fingerprint density at radius 3 is 2.38 bits per heavy atom. The van der Waals surface area contributed by atoms with Crippen molar-refractivity contribution in [3.05, 3.63) is 29.3 Å². The number of hydrogen-bond donors (Lipinski definition) is 2. The summed E-state index contributed by atoms with van der Waals surface area (Å²) in [6.07, 6.45) is -1.46. The average Bonchev–Trinajstić information content (AvgIpc) is 2.68. The fourth-order valence-electron chi connectivity index (χ4n) is 2.81. The van der Waals surface area contributed by atoms with Gasteiger partial charge in [-0.15, -0.1) is 0 Å². The number of benzene rings is 1. The predicted octanol–water partition coefficient (Wildman–Crippen LogP) is -0.463. The summed E-state index contributed by atoms with van der Waals surface area (Å²) in [5.41, 5.74) is 1.25. The van der Waals surface area contributed by atoms with Gasteiger partial charge in [-0.05, 0) is 25.5 Å². The number of nitrogens with zero attached hydrogens (tertiary/aromatic N) is 1. The van der Waals surface area contributed by atoms with E-state index >= 15 is 0 Å². The summed E-state index contributed by atoms with van der Waals surface area (Å²) in [5.74, 6) is -2.62. The highest BCUT2D eigenvalue weighted by Crippen LogP contribution is 2.27. The lowest BCUT2D eigenvalue weighted by Crippen LogP contribution is -2.49. The van der Waals surface area contributed by atoms with Crippen LogP contribution in [0.2, 0.25) is 0 Å². The largest absolute Gasteiger partial charge is 0.480 e. The third-order valence-electron chi connectivity index (χ3n) is 3.87. The molecule has 1 fully saturated rings. The van der Waals surface area contributed by atoms with Gasteiger partial charge >= 0.3 is 5.97 Å². The van der Waals surface area contributed by atoms with Crippen molar-refractivity contribution >= 4 is 25.8 Å². The van der Waals surface area contributed by atoms with E-state index < -0.39 is 56.0 Å². The first-order valence-electron chi connectivity index (χ1n) is 7.13. The van der Waals surface area contributed by atoms with Crippen molar-refractivity contribution in [2.75, 3.05) is 18.1 Å². The van der Waals surface area contributed by atoms with Crippen molar-refractivity contribution in [1.29, 1.82) is 0 Å². The molecule has 10 heteroatoms. The first kappa shape index (κ1) is 18.8. The smallest absolute Gasteiger partial charge is 0.318 e. The molecule has 0 bridgehead atoms. The van der Waals surface area contributed by atoms with E-state index in [0.29, 0.717) is 9.87 Å². The number of aliphatic hydroxyl groups excluding tert-OH is 1. The minimum Gasteiger partial charge on any atom is -0.480 e. The van der Waals surface area contributed by atoms with E-state index in [1.165, 1.54) is 6.07 Å². The van der Waals surface area contributed by atoms with Gasteiger partial charge in [0.15, 0.2) is 9.84 Å². The van der Waals surface area contributed by atoms with Gasteiger partial charge in [-0.25, -0.2) is 16.8 Å². The molecule has 0 saturated carbocycles. The van der Waals surface area contributed by atoms with Crippen LogP contribution in [-0.4, -0.2) is 67.5 Å². The third-order valence-corrected chi connectivity index (χ3v) is 7.60. The van der Waals surface area contributed by atoms with Crippen LogP contribution in [0.1, 0.15) is 11.1 Å². The van der Waals surface area contributed by atoms with E-state index in [4.69, 9.17) is 5.11 Å². The first-order valence-corrected chi connectivity index (χ1v) is 10.4. The molecule has 2 atom stereocenters. The maximum absolute atomic E-state index is 12.9. The molecule has 1 heterocycles. The van der Waals surface area contributed by atoms with Crippen molar-refractivity contribution in [3.63, 3.8) is 0 Å². The number of sulfonamides is 1. The SMILES string of the molecule is Cc1ccc(S(=O)(=O)N(CC(=O)O)[C@@H]2CS(=O)(=O)C[C@@H]2O)c(C)c1. The number of rotatable bonds is 5. The van der Waals surface area contributed by atoms with Gasteiger partial charge in [-0.3, -0.25) is 4.79 Å². The molecule has 0 radical (unpaired) electrons. The molecular weight excluding hydrogens is 358 g/mol. The lowest BCUT2D eigenvalue weighted by atomic mass is 10.2. The fourth-order valence-corrected chi connectivity index (χ4v) is 6.52. The molecule has 0 amide bonds. The van der Waals surface area contributed by atoms with Crippen molar-refractivity contribution < 1.29 is 31.8 Å². The Balaban J connectivity index is 2.53. The van der Waals surface area contributed by atoms with E-state index in [1.807, 2.05) is 0 Å². The first-order chi connectivity index (χ1) is 10.9. The van der Waals surface area contributed by atoms with E-state index in [9.17, 15) is 26.7 Å². The average molecular weight is 377 g/mol. The zero-order valence-electron chi connectivity index (χ0n) is 13.2.